The summed E-state index contributed by atoms with van der Waals surface area (Å²) < 4.78 is 11.7. The first-order valence-electron chi connectivity index (χ1n) is 12.7. The van der Waals surface area contributed by atoms with Gasteiger partial charge in [0.05, 0.1) is 19.2 Å². The number of nitrogens with one attached hydrogen (secondary N) is 1. The standard InChI is InChI=1S/C30H30N2O5/c1-3-4-13-36-24-9-5-8-21(16-24)27-26(28(33)22-10-11-25-23(15-22)14-19(2)37-25)29(34)30(35)32(27)18-20-7-6-12-31-17-20/h5-12,15-17,19,27,33H,3-4,13-14,18H2,1-2H3. The number of nitrogens with zero attached hydrogens (tertiary/aromatic N) is 1. The number of carbonyl (C=O) groups excluding carboxylic acids is 2. The van der Waals surface area contributed by atoms with Crippen LogP contribution in [0.3, 0.4) is 0 Å². The lowest BCUT2D eigenvalue weighted by molar-refractivity contribution is -0.378. The Hall–Kier alpha value is -4.13. The maximum absolute atomic E-state index is 13.8. The molecule has 7 nitrogen and oxygen atoms in total. The lowest BCUT2D eigenvalue weighted by Crippen LogP contribution is -2.29. The number of rotatable bonds is 8. The van der Waals surface area contributed by atoms with E-state index in [2.05, 4.69) is 11.9 Å². The van der Waals surface area contributed by atoms with Crippen LogP contribution >= 0.6 is 0 Å². The summed E-state index contributed by atoms with van der Waals surface area (Å²) in [4.78, 5) is 31.2. The number of likely N-dealkylation sites (tertiary alicyclic amines) is 1. The fourth-order valence-corrected chi connectivity index (χ4v) is 4.93. The molecule has 190 valence electrons. The third kappa shape index (κ3) is 4.94. The average molecular weight is 499 g/mol. The van der Waals surface area contributed by atoms with Gasteiger partial charge in [-0.15, -0.1) is 0 Å². The Morgan fingerprint density at radius 3 is 2.81 bits per heavy atom. The molecule has 1 fully saturated rings. The smallest absolute Gasteiger partial charge is 0.295 e. The third-order valence-corrected chi connectivity index (χ3v) is 6.75. The number of aromatic amines is 1. The number of benzene rings is 2. The minimum absolute atomic E-state index is 0.0315. The van der Waals surface area contributed by atoms with Crippen molar-refractivity contribution < 1.29 is 29.2 Å². The number of hydrogen-bond acceptors (Lipinski definition) is 5. The molecule has 3 heterocycles. The Labute approximate surface area is 216 Å². The van der Waals surface area contributed by atoms with Crippen LogP contribution in [0.25, 0.3) is 5.76 Å². The molecule has 2 aromatic carbocycles. The molecular formula is C30H30N2O5. The number of pyridine rings is 1. The van der Waals surface area contributed by atoms with Crippen LogP contribution in [0.4, 0.5) is 0 Å². The summed E-state index contributed by atoms with van der Waals surface area (Å²) in [5, 5.41) is 13.8. The number of carbonyl (C=O) groups is 2. The van der Waals surface area contributed by atoms with E-state index in [1.54, 1.807) is 30.6 Å². The van der Waals surface area contributed by atoms with Gasteiger partial charge in [0.15, 0.2) is 12.4 Å². The van der Waals surface area contributed by atoms with Gasteiger partial charge in [0.25, 0.3) is 5.91 Å². The van der Waals surface area contributed by atoms with Crippen molar-refractivity contribution in [3.63, 3.8) is 0 Å². The second kappa shape index (κ2) is 10.5. The van der Waals surface area contributed by atoms with Crippen LogP contribution in [0.15, 0.2) is 72.6 Å². The average Bonchev–Trinajstić information content (AvgIpc) is 3.40. The van der Waals surface area contributed by atoms with E-state index in [4.69, 9.17) is 9.47 Å². The summed E-state index contributed by atoms with van der Waals surface area (Å²) in [5.41, 5.74) is 2.75. The zero-order valence-corrected chi connectivity index (χ0v) is 21.0. The zero-order chi connectivity index (χ0) is 25.9. The molecule has 0 spiro atoms. The highest BCUT2D eigenvalue weighted by molar-refractivity contribution is 6.46. The summed E-state index contributed by atoms with van der Waals surface area (Å²) in [7, 11) is 0. The van der Waals surface area contributed by atoms with Crippen LogP contribution in [0.5, 0.6) is 11.5 Å². The van der Waals surface area contributed by atoms with Gasteiger partial charge in [-0.3, -0.25) is 9.59 Å². The summed E-state index contributed by atoms with van der Waals surface area (Å²) in [5.74, 6) is -0.505. The van der Waals surface area contributed by atoms with E-state index in [1.165, 1.54) is 4.90 Å². The van der Waals surface area contributed by atoms with Crippen molar-refractivity contribution in [1.29, 1.82) is 0 Å². The van der Waals surface area contributed by atoms with Crippen molar-refractivity contribution in [3.05, 3.63) is 94.8 Å². The Bertz CT molecular complexity index is 1350. The number of H-pyrrole nitrogens is 1. The summed E-state index contributed by atoms with van der Waals surface area (Å²) in [6, 6.07) is 15.4. The molecule has 0 radical (unpaired) electrons. The van der Waals surface area contributed by atoms with E-state index in [0.29, 0.717) is 29.9 Å². The van der Waals surface area contributed by atoms with Crippen molar-refractivity contribution in [2.24, 2.45) is 0 Å². The first kappa shape index (κ1) is 24.6. The lowest BCUT2D eigenvalue weighted by Gasteiger charge is -2.27. The number of ether oxygens (including phenoxy) is 2. The summed E-state index contributed by atoms with van der Waals surface area (Å²) in [6.07, 6.45) is 6.19. The minimum atomic E-state index is -0.828. The highest BCUT2D eigenvalue weighted by atomic mass is 16.5. The van der Waals surface area contributed by atoms with Gasteiger partial charge in [-0.2, -0.15) is 0 Å². The Morgan fingerprint density at radius 2 is 2.03 bits per heavy atom. The number of unbranched alkanes of at least 4 members (excludes halogenated alkanes) is 1. The van der Waals surface area contributed by atoms with Crippen molar-refractivity contribution in [1.82, 2.24) is 4.90 Å². The zero-order valence-electron chi connectivity index (χ0n) is 21.0. The molecule has 0 aliphatic carbocycles. The largest absolute Gasteiger partial charge is 0.872 e. The number of aromatic nitrogens is 1. The van der Waals surface area contributed by atoms with E-state index >= 15 is 0 Å². The van der Waals surface area contributed by atoms with Crippen LogP contribution in [-0.2, 0) is 22.6 Å². The highest BCUT2D eigenvalue weighted by Crippen LogP contribution is 2.41. The predicted molar refractivity (Wildman–Crippen MR) is 135 cm³/mol. The van der Waals surface area contributed by atoms with Crippen LogP contribution in [-0.4, -0.2) is 29.3 Å². The first-order chi connectivity index (χ1) is 18.0. The maximum Gasteiger partial charge on any atom is 0.295 e. The molecule has 0 bridgehead atoms. The third-order valence-electron chi connectivity index (χ3n) is 6.75. The molecule has 1 aromatic heterocycles. The van der Waals surface area contributed by atoms with E-state index in [1.807, 2.05) is 43.3 Å². The molecule has 2 aliphatic heterocycles. The number of fused-ring (bicyclic) bond motifs is 1. The Kier molecular flexibility index (Phi) is 6.95. The number of Topliss-reactive ketones (excluding diaryl/α,β-unsaturated/α-hetero) is 1. The quantitative estimate of drug-likeness (QED) is 0.205. The molecule has 1 amide bonds. The topological polar surface area (TPSA) is 93.0 Å². The fourth-order valence-electron chi connectivity index (χ4n) is 4.93. The predicted octanol–water partition coefficient (Wildman–Crippen LogP) is 3.43. The second-order valence-electron chi connectivity index (χ2n) is 9.55. The molecule has 0 saturated carbocycles. The Balaban J connectivity index is 1.59. The molecule has 7 heteroatoms. The van der Waals surface area contributed by atoms with Gasteiger partial charge in [0.1, 0.15) is 17.6 Å². The van der Waals surface area contributed by atoms with Gasteiger partial charge in [-0.1, -0.05) is 37.3 Å². The van der Waals surface area contributed by atoms with Gasteiger partial charge in [-0.05, 0) is 60.4 Å². The van der Waals surface area contributed by atoms with Crippen LogP contribution < -0.4 is 19.6 Å². The SMILES string of the molecule is CCCCOc1cccc(C2C(=C([O-])c3ccc4c(c3)CC(C)O4)C(=O)C(=O)N2Cc2ccc[nH+]c2)c1. The second-order valence-corrected chi connectivity index (χ2v) is 9.55. The lowest BCUT2D eigenvalue weighted by atomic mass is 9.94. The van der Waals surface area contributed by atoms with E-state index in [9.17, 15) is 14.7 Å². The molecular weight excluding hydrogens is 468 g/mol. The Morgan fingerprint density at radius 1 is 1.16 bits per heavy atom. The fraction of sp³-hybridized carbons (Fsp3) is 0.300. The first-order valence-corrected chi connectivity index (χ1v) is 12.7. The highest BCUT2D eigenvalue weighted by Gasteiger charge is 2.44. The summed E-state index contributed by atoms with van der Waals surface area (Å²) in [6.45, 7) is 4.81. The van der Waals surface area contributed by atoms with E-state index in [-0.39, 0.29) is 18.2 Å². The van der Waals surface area contributed by atoms with E-state index < -0.39 is 23.5 Å². The van der Waals surface area contributed by atoms with Crippen molar-refractivity contribution in [3.8, 4) is 11.5 Å². The molecule has 2 atom stereocenters. The number of hydrogen-bond donors (Lipinski definition) is 0. The molecule has 3 aromatic rings. The number of amides is 1. The number of ketones is 1. The van der Waals surface area contributed by atoms with Gasteiger partial charge in [-0.25, -0.2) is 4.98 Å². The molecule has 2 aliphatic rings. The van der Waals surface area contributed by atoms with Crippen molar-refractivity contribution >= 4 is 17.4 Å². The van der Waals surface area contributed by atoms with Gasteiger partial charge in [0, 0.05) is 23.6 Å². The van der Waals surface area contributed by atoms with Crippen molar-refractivity contribution in [2.75, 3.05) is 6.61 Å². The maximum atomic E-state index is 13.8. The van der Waals surface area contributed by atoms with Gasteiger partial charge >= 0.3 is 0 Å². The van der Waals surface area contributed by atoms with Crippen molar-refractivity contribution in [2.45, 2.75) is 51.8 Å². The normalized spacial score (nSPS) is 20.1. The van der Waals surface area contributed by atoms with Crippen LogP contribution in [0.2, 0.25) is 0 Å². The molecule has 1 saturated heterocycles. The van der Waals surface area contributed by atoms with Gasteiger partial charge in [0.2, 0.25) is 5.78 Å². The molecule has 2 unspecified atom stereocenters. The minimum Gasteiger partial charge on any atom is -0.872 e. The molecule has 1 N–H and O–H groups in total. The van der Waals surface area contributed by atoms with Gasteiger partial charge < -0.3 is 19.5 Å². The van der Waals surface area contributed by atoms with Crippen LogP contribution in [0, 0.1) is 0 Å². The summed E-state index contributed by atoms with van der Waals surface area (Å²) >= 11 is 0. The van der Waals surface area contributed by atoms with Crippen LogP contribution in [0.1, 0.15) is 55.0 Å². The monoisotopic (exact) mass is 498 g/mol. The van der Waals surface area contributed by atoms with E-state index in [0.717, 1.165) is 29.7 Å². The molecule has 5 rings (SSSR count). The molecule has 37 heavy (non-hydrogen) atoms.